The standard InChI is InChI=1S/C14H18N2O3/c1-10(7-8-15)16(2)14(17)12-9-11(18-3)5-6-13(12)19-4/h5-6,9-10H,7H2,1-4H3. The Balaban J connectivity index is 3.07. The Morgan fingerprint density at radius 1 is 1.42 bits per heavy atom. The van der Waals surface area contributed by atoms with Gasteiger partial charge in [-0.25, -0.2) is 0 Å². The van der Waals surface area contributed by atoms with Crippen LogP contribution in [0.15, 0.2) is 18.2 Å². The van der Waals surface area contributed by atoms with E-state index in [4.69, 9.17) is 14.7 Å². The predicted molar refractivity (Wildman–Crippen MR) is 71.3 cm³/mol. The van der Waals surface area contributed by atoms with Crippen LogP contribution in [-0.2, 0) is 0 Å². The van der Waals surface area contributed by atoms with Crippen molar-refractivity contribution in [2.24, 2.45) is 0 Å². The lowest BCUT2D eigenvalue weighted by Gasteiger charge is -2.24. The summed E-state index contributed by atoms with van der Waals surface area (Å²) in [5.41, 5.74) is 0.425. The number of amides is 1. The molecule has 0 aliphatic rings. The number of hydrogen-bond donors (Lipinski definition) is 0. The number of carbonyl (C=O) groups is 1. The van der Waals surface area contributed by atoms with Gasteiger partial charge in [-0.1, -0.05) is 0 Å². The van der Waals surface area contributed by atoms with Gasteiger partial charge in [0.2, 0.25) is 0 Å². The van der Waals surface area contributed by atoms with Gasteiger partial charge in [0, 0.05) is 13.1 Å². The van der Waals surface area contributed by atoms with Gasteiger partial charge in [-0.15, -0.1) is 0 Å². The Hall–Kier alpha value is -2.22. The predicted octanol–water partition coefficient (Wildman–Crippen LogP) is 2.08. The lowest BCUT2D eigenvalue weighted by atomic mass is 10.1. The molecule has 0 saturated heterocycles. The first-order valence-electron chi connectivity index (χ1n) is 5.91. The third kappa shape index (κ3) is 3.38. The summed E-state index contributed by atoms with van der Waals surface area (Å²) >= 11 is 0. The zero-order valence-electron chi connectivity index (χ0n) is 11.6. The van der Waals surface area contributed by atoms with E-state index in [1.165, 1.54) is 19.1 Å². The smallest absolute Gasteiger partial charge is 0.257 e. The summed E-state index contributed by atoms with van der Waals surface area (Å²) in [4.78, 5) is 13.9. The molecule has 0 spiro atoms. The second-order valence-corrected chi connectivity index (χ2v) is 4.19. The summed E-state index contributed by atoms with van der Waals surface area (Å²) in [6.07, 6.45) is 0.286. The number of benzene rings is 1. The van der Waals surface area contributed by atoms with Crippen molar-refractivity contribution in [1.82, 2.24) is 4.90 Å². The molecule has 1 aromatic rings. The normalized spacial score (nSPS) is 11.3. The van der Waals surface area contributed by atoms with Crippen LogP contribution in [0, 0.1) is 11.3 Å². The second-order valence-electron chi connectivity index (χ2n) is 4.19. The fourth-order valence-corrected chi connectivity index (χ4v) is 1.64. The maximum atomic E-state index is 12.4. The van der Waals surface area contributed by atoms with Gasteiger partial charge in [0.15, 0.2) is 0 Å². The number of nitrogens with zero attached hydrogens (tertiary/aromatic N) is 2. The second kappa shape index (κ2) is 6.64. The van der Waals surface area contributed by atoms with Crippen LogP contribution < -0.4 is 9.47 Å². The van der Waals surface area contributed by atoms with Gasteiger partial charge in [0.1, 0.15) is 11.5 Å². The van der Waals surface area contributed by atoms with Crippen LogP contribution in [0.2, 0.25) is 0 Å². The van der Waals surface area contributed by atoms with Gasteiger partial charge in [-0.05, 0) is 25.1 Å². The van der Waals surface area contributed by atoms with Crippen molar-refractivity contribution in [1.29, 1.82) is 5.26 Å². The number of rotatable bonds is 5. The van der Waals surface area contributed by atoms with Crippen molar-refractivity contribution in [2.45, 2.75) is 19.4 Å². The number of methoxy groups -OCH3 is 2. The third-order valence-electron chi connectivity index (χ3n) is 3.01. The molecule has 1 atom stereocenters. The van der Waals surface area contributed by atoms with E-state index in [2.05, 4.69) is 6.07 Å². The quantitative estimate of drug-likeness (QED) is 0.815. The Morgan fingerprint density at radius 2 is 2.11 bits per heavy atom. The third-order valence-corrected chi connectivity index (χ3v) is 3.01. The van der Waals surface area contributed by atoms with Crippen LogP contribution in [0.1, 0.15) is 23.7 Å². The molecule has 1 unspecified atom stereocenters. The minimum absolute atomic E-state index is 0.159. The first kappa shape index (κ1) is 14.8. The number of ether oxygens (including phenoxy) is 2. The highest BCUT2D eigenvalue weighted by Gasteiger charge is 2.21. The van der Waals surface area contributed by atoms with E-state index in [0.29, 0.717) is 17.1 Å². The monoisotopic (exact) mass is 262 g/mol. The molecule has 0 aliphatic heterocycles. The van der Waals surface area contributed by atoms with Crippen molar-refractivity contribution in [3.05, 3.63) is 23.8 Å². The van der Waals surface area contributed by atoms with Crippen molar-refractivity contribution in [3.8, 4) is 17.6 Å². The lowest BCUT2D eigenvalue weighted by Crippen LogP contribution is -2.35. The van der Waals surface area contributed by atoms with Crippen LogP contribution in [0.3, 0.4) is 0 Å². The first-order chi connectivity index (χ1) is 9.04. The molecular weight excluding hydrogens is 244 g/mol. The summed E-state index contributed by atoms with van der Waals surface area (Å²) in [6, 6.07) is 6.95. The first-order valence-corrected chi connectivity index (χ1v) is 5.91. The van der Waals surface area contributed by atoms with E-state index < -0.39 is 0 Å². The molecule has 0 bridgehead atoms. The van der Waals surface area contributed by atoms with Gasteiger partial charge in [0.05, 0.1) is 32.3 Å². The lowest BCUT2D eigenvalue weighted by molar-refractivity contribution is 0.0742. The minimum Gasteiger partial charge on any atom is -0.497 e. The maximum absolute atomic E-state index is 12.4. The topological polar surface area (TPSA) is 62.6 Å². The average molecular weight is 262 g/mol. The van der Waals surface area contributed by atoms with E-state index >= 15 is 0 Å². The van der Waals surface area contributed by atoms with E-state index in [9.17, 15) is 4.79 Å². The van der Waals surface area contributed by atoms with E-state index in [1.54, 1.807) is 25.2 Å². The molecular formula is C14H18N2O3. The Morgan fingerprint density at radius 3 is 2.63 bits per heavy atom. The molecule has 0 N–H and O–H groups in total. The summed E-state index contributed by atoms with van der Waals surface area (Å²) in [7, 11) is 4.72. The van der Waals surface area contributed by atoms with Gasteiger partial charge in [-0.2, -0.15) is 5.26 Å². The molecule has 1 rings (SSSR count). The van der Waals surface area contributed by atoms with Crippen LogP contribution in [0.5, 0.6) is 11.5 Å². The Labute approximate surface area is 113 Å². The van der Waals surface area contributed by atoms with E-state index in [1.807, 2.05) is 6.92 Å². The number of nitriles is 1. The summed E-state index contributed by atoms with van der Waals surface area (Å²) in [6.45, 7) is 1.83. The molecule has 0 saturated carbocycles. The van der Waals surface area contributed by atoms with Gasteiger partial charge < -0.3 is 14.4 Å². The molecule has 1 amide bonds. The molecule has 0 heterocycles. The molecule has 5 heteroatoms. The maximum Gasteiger partial charge on any atom is 0.257 e. The molecule has 102 valence electrons. The molecule has 1 aromatic carbocycles. The van der Waals surface area contributed by atoms with E-state index in [0.717, 1.165) is 0 Å². The Bertz CT molecular complexity index is 494. The van der Waals surface area contributed by atoms with Crippen molar-refractivity contribution >= 4 is 5.91 Å². The summed E-state index contributed by atoms with van der Waals surface area (Å²) in [5.74, 6) is 0.880. The highest BCUT2D eigenvalue weighted by atomic mass is 16.5. The SMILES string of the molecule is COc1ccc(OC)c(C(=O)N(C)C(C)CC#N)c1. The summed E-state index contributed by atoms with van der Waals surface area (Å²) < 4.78 is 10.3. The highest BCUT2D eigenvalue weighted by molar-refractivity contribution is 5.97. The largest absolute Gasteiger partial charge is 0.497 e. The highest BCUT2D eigenvalue weighted by Crippen LogP contribution is 2.25. The summed E-state index contributed by atoms with van der Waals surface area (Å²) in [5, 5.41) is 8.69. The Kier molecular flexibility index (Phi) is 5.19. The van der Waals surface area contributed by atoms with Gasteiger partial charge >= 0.3 is 0 Å². The van der Waals surface area contributed by atoms with Crippen molar-refractivity contribution in [2.75, 3.05) is 21.3 Å². The minimum atomic E-state index is -0.196. The van der Waals surface area contributed by atoms with Crippen LogP contribution >= 0.6 is 0 Å². The van der Waals surface area contributed by atoms with Crippen LogP contribution in [0.25, 0.3) is 0 Å². The molecule has 19 heavy (non-hydrogen) atoms. The van der Waals surface area contributed by atoms with Crippen LogP contribution in [-0.4, -0.2) is 38.1 Å². The number of hydrogen-bond acceptors (Lipinski definition) is 4. The fourth-order valence-electron chi connectivity index (χ4n) is 1.64. The molecule has 0 fully saturated rings. The van der Waals surface area contributed by atoms with Crippen molar-refractivity contribution < 1.29 is 14.3 Å². The van der Waals surface area contributed by atoms with Crippen LogP contribution in [0.4, 0.5) is 0 Å². The van der Waals surface area contributed by atoms with E-state index in [-0.39, 0.29) is 18.4 Å². The van der Waals surface area contributed by atoms with Gasteiger partial charge in [-0.3, -0.25) is 4.79 Å². The zero-order valence-corrected chi connectivity index (χ0v) is 11.6. The zero-order chi connectivity index (χ0) is 14.4. The molecule has 5 nitrogen and oxygen atoms in total. The van der Waals surface area contributed by atoms with Gasteiger partial charge in [0.25, 0.3) is 5.91 Å². The molecule has 0 aromatic heterocycles. The average Bonchev–Trinajstić information content (AvgIpc) is 2.45. The van der Waals surface area contributed by atoms with Crippen molar-refractivity contribution in [3.63, 3.8) is 0 Å². The fraction of sp³-hybridized carbons (Fsp3) is 0.429. The molecule has 0 radical (unpaired) electrons. The molecule has 0 aliphatic carbocycles. The number of carbonyl (C=O) groups excluding carboxylic acids is 1.